The summed E-state index contributed by atoms with van der Waals surface area (Å²) in [5, 5.41) is 0. The SMILES string of the molecule is CCCC[N+](C)(CCCC)CCCC.COP(=O)([O-])C(Cl)(Cl)P(=O)(OC)OC. The van der Waals surface area contributed by atoms with Gasteiger partial charge in [-0.15, -0.1) is 0 Å². The topological polar surface area (TPSA) is 84.9 Å². The van der Waals surface area contributed by atoms with E-state index in [0.29, 0.717) is 0 Å². The molecule has 1 unspecified atom stereocenters. The Kier molecular flexibility index (Phi) is 16.4. The fourth-order valence-corrected chi connectivity index (χ4v) is 6.49. The molecule has 0 aliphatic heterocycles. The number of rotatable bonds is 14. The van der Waals surface area contributed by atoms with Crippen molar-refractivity contribution >= 4 is 38.4 Å². The smallest absolute Gasteiger partial charge is 0.374 e. The quantitative estimate of drug-likeness (QED) is 0.181. The highest BCUT2D eigenvalue weighted by Crippen LogP contribution is 2.77. The van der Waals surface area contributed by atoms with Crippen LogP contribution in [0, 0.1) is 0 Å². The largest absolute Gasteiger partial charge is 0.776 e. The minimum Gasteiger partial charge on any atom is -0.776 e. The number of hydrogen-bond acceptors (Lipinski definition) is 6. The first-order chi connectivity index (χ1) is 12.9. The van der Waals surface area contributed by atoms with Crippen LogP contribution in [0.3, 0.4) is 0 Å². The summed E-state index contributed by atoms with van der Waals surface area (Å²) in [6.07, 6.45) is 8.20. The standard InChI is InChI=1S/C13H30N.C4H10Cl2O6P2/c1-5-8-11-14(4,12-9-6-2)13-10-7-3;1-10-13(7,8)4(5,6)14(9,11-2)12-3/h5-13H2,1-4H3;1-3H3,(H,7,8)/q+1;/p-1. The van der Waals surface area contributed by atoms with E-state index in [1.165, 1.54) is 62.6 Å². The molecule has 1 atom stereocenters. The summed E-state index contributed by atoms with van der Waals surface area (Å²) >= 11 is 10.8. The molecule has 0 aliphatic rings. The Bertz CT molecular complexity index is 478. The van der Waals surface area contributed by atoms with Crippen LogP contribution in [0.15, 0.2) is 0 Å². The molecule has 28 heavy (non-hydrogen) atoms. The normalized spacial score (nSPS) is 14.9. The molecule has 0 aromatic heterocycles. The molecule has 0 saturated carbocycles. The molecule has 0 aromatic carbocycles. The van der Waals surface area contributed by atoms with Gasteiger partial charge in [-0.2, -0.15) is 0 Å². The van der Waals surface area contributed by atoms with Crippen LogP contribution in [0.25, 0.3) is 0 Å². The Morgan fingerprint density at radius 1 is 0.821 bits per heavy atom. The van der Waals surface area contributed by atoms with E-state index >= 15 is 0 Å². The van der Waals surface area contributed by atoms with Crippen molar-refractivity contribution in [2.24, 2.45) is 0 Å². The van der Waals surface area contributed by atoms with Crippen LogP contribution in [-0.2, 0) is 22.7 Å². The van der Waals surface area contributed by atoms with Crippen LogP contribution in [0.5, 0.6) is 0 Å². The lowest BCUT2D eigenvalue weighted by atomic mass is 10.2. The maximum Gasteiger partial charge on any atom is 0.374 e. The summed E-state index contributed by atoms with van der Waals surface area (Å²) < 4.78 is 34.1. The van der Waals surface area contributed by atoms with Crippen molar-refractivity contribution < 1.29 is 32.1 Å². The van der Waals surface area contributed by atoms with Gasteiger partial charge in [0.15, 0.2) is 7.60 Å². The molecule has 0 spiro atoms. The zero-order chi connectivity index (χ0) is 22.5. The number of quaternary nitrogens is 1. The predicted octanol–water partition coefficient (Wildman–Crippen LogP) is 5.59. The van der Waals surface area contributed by atoms with E-state index in [-0.39, 0.29) is 0 Å². The Morgan fingerprint density at radius 2 is 1.14 bits per heavy atom. The number of halogens is 2. The summed E-state index contributed by atoms with van der Waals surface area (Å²) in [4.78, 5) is 11.2. The van der Waals surface area contributed by atoms with Gasteiger partial charge in [-0.1, -0.05) is 63.2 Å². The monoisotopic (exact) mass is 485 g/mol. The number of nitrogens with zero attached hydrogens (tertiary/aromatic N) is 1. The lowest BCUT2D eigenvalue weighted by Gasteiger charge is -2.35. The lowest BCUT2D eigenvalue weighted by molar-refractivity contribution is -0.910. The van der Waals surface area contributed by atoms with E-state index in [4.69, 9.17) is 23.2 Å². The highest BCUT2D eigenvalue weighted by Gasteiger charge is 2.56. The first-order valence-corrected chi connectivity index (χ1v) is 13.5. The van der Waals surface area contributed by atoms with E-state index in [9.17, 15) is 14.0 Å². The molecule has 0 heterocycles. The lowest BCUT2D eigenvalue weighted by Crippen LogP contribution is -2.46. The summed E-state index contributed by atoms with van der Waals surface area (Å²) in [5.74, 6) is 0. The second-order valence-electron chi connectivity index (χ2n) is 6.90. The Morgan fingerprint density at radius 3 is 1.36 bits per heavy atom. The summed E-state index contributed by atoms with van der Waals surface area (Å²) in [7, 11) is -3.76. The fourth-order valence-electron chi connectivity index (χ4n) is 2.51. The van der Waals surface area contributed by atoms with Crippen LogP contribution in [0.2, 0.25) is 0 Å². The van der Waals surface area contributed by atoms with Crippen molar-refractivity contribution in [2.45, 2.75) is 63.1 Å². The fraction of sp³-hybridized carbons (Fsp3) is 1.00. The molecule has 172 valence electrons. The van der Waals surface area contributed by atoms with Crippen LogP contribution in [-0.4, -0.2) is 56.3 Å². The van der Waals surface area contributed by atoms with Gasteiger partial charge in [-0.05, 0) is 19.3 Å². The van der Waals surface area contributed by atoms with Crippen molar-refractivity contribution in [1.82, 2.24) is 0 Å². The molecule has 0 saturated heterocycles. The predicted molar refractivity (Wildman–Crippen MR) is 116 cm³/mol. The summed E-state index contributed by atoms with van der Waals surface area (Å²) in [5.41, 5.74) is 0. The van der Waals surface area contributed by atoms with Gasteiger partial charge < -0.3 is 27.5 Å². The van der Waals surface area contributed by atoms with Gasteiger partial charge >= 0.3 is 7.60 Å². The van der Waals surface area contributed by atoms with Crippen molar-refractivity contribution in [1.29, 1.82) is 0 Å². The number of hydrogen-bond donors (Lipinski definition) is 0. The third-order valence-corrected chi connectivity index (χ3v) is 11.2. The van der Waals surface area contributed by atoms with Gasteiger partial charge in [0.05, 0.1) is 26.7 Å². The van der Waals surface area contributed by atoms with Crippen LogP contribution >= 0.6 is 38.4 Å². The third-order valence-electron chi connectivity index (χ3n) is 4.53. The van der Waals surface area contributed by atoms with Crippen molar-refractivity contribution in [3.63, 3.8) is 0 Å². The van der Waals surface area contributed by atoms with Gasteiger partial charge in [0.2, 0.25) is 0 Å². The van der Waals surface area contributed by atoms with Gasteiger partial charge in [0, 0.05) is 21.3 Å². The van der Waals surface area contributed by atoms with Gasteiger partial charge in [-0.3, -0.25) is 4.57 Å². The summed E-state index contributed by atoms with van der Waals surface area (Å²) in [6, 6.07) is 0. The maximum absolute atomic E-state index is 11.6. The average molecular weight is 486 g/mol. The molecular formula is C17H39Cl2NO6P2. The highest BCUT2D eigenvalue weighted by molar-refractivity contribution is 7.79. The Hall–Kier alpha value is 0.840. The molecule has 0 aromatic rings. The maximum atomic E-state index is 11.6. The van der Waals surface area contributed by atoms with Gasteiger partial charge in [0.1, 0.15) is 0 Å². The number of unbranched alkanes of at least 4 members (excludes halogenated alkanes) is 3. The van der Waals surface area contributed by atoms with E-state index in [0.717, 1.165) is 21.3 Å². The highest BCUT2D eigenvalue weighted by atomic mass is 35.5. The van der Waals surface area contributed by atoms with Crippen LogP contribution in [0.4, 0.5) is 0 Å². The molecule has 0 rings (SSSR count). The average Bonchev–Trinajstić information content (AvgIpc) is 2.68. The zero-order valence-corrected chi connectivity index (χ0v) is 21.7. The zero-order valence-electron chi connectivity index (χ0n) is 18.4. The van der Waals surface area contributed by atoms with Crippen molar-refractivity contribution in [3.05, 3.63) is 0 Å². The molecule has 11 heteroatoms. The van der Waals surface area contributed by atoms with Crippen LogP contribution < -0.4 is 4.89 Å². The molecular weight excluding hydrogens is 447 g/mol. The van der Waals surface area contributed by atoms with Gasteiger partial charge in [0.25, 0.3) is 3.82 Å². The van der Waals surface area contributed by atoms with E-state index in [1.807, 2.05) is 0 Å². The van der Waals surface area contributed by atoms with Crippen molar-refractivity contribution in [3.8, 4) is 0 Å². The number of alkyl halides is 2. The van der Waals surface area contributed by atoms with Crippen LogP contribution in [0.1, 0.15) is 59.3 Å². The van der Waals surface area contributed by atoms with Crippen molar-refractivity contribution in [2.75, 3.05) is 48.0 Å². The molecule has 0 N–H and O–H groups in total. The molecule has 0 fully saturated rings. The minimum absolute atomic E-state index is 0.836. The molecule has 0 amide bonds. The van der Waals surface area contributed by atoms with Gasteiger partial charge in [-0.25, -0.2) is 0 Å². The second-order valence-corrected chi connectivity index (χ2v) is 14.1. The molecule has 0 bridgehead atoms. The summed E-state index contributed by atoms with van der Waals surface area (Å²) in [6.45, 7) is 11.0. The van der Waals surface area contributed by atoms with E-state index in [2.05, 4.69) is 41.4 Å². The van der Waals surface area contributed by atoms with E-state index < -0.39 is 19.0 Å². The Balaban J connectivity index is 0. The molecule has 0 aliphatic carbocycles. The second kappa shape index (κ2) is 14.8. The molecule has 0 radical (unpaired) electrons. The van der Waals surface area contributed by atoms with E-state index in [1.54, 1.807) is 0 Å². The first-order valence-electron chi connectivity index (χ1n) is 9.66. The first kappa shape index (κ1) is 31.0. The molecule has 7 nitrogen and oxygen atoms in total. The Labute approximate surface area is 181 Å². The minimum atomic E-state index is -4.76. The third kappa shape index (κ3) is 9.76.